The van der Waals surface area contributed by atoms with E-state index in [1.165, 1.54) is 32.1 Å². The molecular formula is C20H30N2O3. The Bertz CT molecular complexity index is 570. The number of nitrogens with zero attached hydrogens (tertiary/aromatic N) is 2. The van der Waals surface area contributed by atoms with Gasteiger partial charge in [-0.15, -0.1) is 0 Å². The molecule has 0 saturated carbocycles. The monoisotopic (exact) mass is 346 g/mol. The number of hydrogen-bond donors (Lipinski definition) is 1. The Kier molecular flexibility index (Phi) is 6.32. The lowest BCUT2D eigenvalue weighted by atomic mass is 9.91. The number of para-hydroxylation sites is 2. The predicted octanol–water partition coefficient (Wildman–Crippen LogP) is 2.68. The first-order chi connectivity index (χ1) is 12.2. The van der Waals surface area contributed by atoms with Crippen molar-refractivity contribution in [1.82, 2.24) is 4.90 Å². The van der Waals surface area contributed by atoms with E-state index in [0.717, 1.165) is 24.7 Å². The first kappa shape index (κ1) is 18.2. The molecule has 5 nitrogen and oxygen atoms in total. The number of likely N-dealkylation sites (tertiary alicyclic amines) is 1. The van der Waals surface area contributed by atoms with E-state index < -0.39 is 6.10 Å². The Balaban J connectivity index is 1.50. The van der Waals surface area contributed by atoms with Crippen molar-refractivity contribution >= 4 is 11.6 Å². The smallest absolute Gasteiger partial charge is 0.265 e. The van der Waals surface area contributed by atoms with E-state index >= 15 is 0 Å². The van der Waals surface area contributed by atoms with Crippen LogP contribution in [0.5, 0.6) is 5.75 Å². The van der Waals surface area contributed by atoms with Gasteiger partial charge in [-0.3, -0.25) is 4.79 Å². The Morgan fingerprint density at radius 3 is 2.76 bits per heavy atom. The lowest BCUT2D eigenvalue weighted by Gasteiger charge is -2.35. The summed E-state index contributed by atoms with van der Waals surface area (Å²) < 4.78 is 5.46. The number of hydrogen-bond acceptors (Lipinski definition) is 4. The van der Waals surface area contributed by atoms with Crippen molar-refractivity contribution in [2.24, 2.45) is 5.92 Å². The second-order valence-corrected chi connectivity index (χ2v) is 7.30. The summed E-state index contributed by atoms with van der Waals surface area (Å²) in [5, 5.41) is 10.5. The molecule has 1 aromatic rings. The van der Waals surface area contributed by atoms with Gasteiger partial charge in [-0.1, -0.05) is 38.3 Å². The van der Waals surface area contributed by atoms with Gasteiger partial charge in [0.1, 0.15) is 5.75 Å². The minimum Gasteiger partial charge on any atom is -0.482 e. The van der Waals surface area contributed by atoms with Crippen LogP contribution in [-0.4, -0.2) is 54.8 Å². The zero-order chi connectivity index (χ0) is 17.6. The van der Waals surface area contributed by atoms with Crippen LogP contribution < -0.4 is 9.64 Å². The first-order valence-electron chi connectivity index (χ1n) is 9.60. The van der Waals surface area contributed by atoms with Gasteiger partial charge in [-0.05, 0) is 44.0 Å². The molecule has 5 heteroatoms. The summed E-state index contributed by atoms with van der Waals surface area (Å²) in [4.78, 5) is 16.2. The van der Waals surface area contributed by atoms with Gasteiger partial charge in [0.2, 0.25) is 0 Å². The fourth-order valence-electron chi connectivity index (χ4n) is 3.87. The Hall–Kier alpha value is -1.59. The number of aliphatic hydroxyl groups is 1. The number of ether oxygens (including phenoxy) is 1. The fourth-order valence-corrected chi connectivity index (χ4v) is 3.87. The Morgan fingerprint density at radius 1 is 1.24 bits per heavy atom. The molecule has 1 N–H and O–H groups in total. The molecule has 0 spiro atoms. The van der Waals surface area contributed by atoms with E-state index in [1.54, 1.807) is 4.90 Å². The summed E-state index contributed by atoms with van der Waals surface area (Å²) in [6.07, 6.45) is 5.85. The van der Waals surface area contributed by atoms with E-state index in [2.05, 4.69) is 11.8 Å². The zero-order valence-corrected chi connectivity index (χ0v) is 15.2. The minimum atomic E-state index is -0.540. The van der Waals surface area contributed by atoms with Gasteiger partial charge in [-0.2, -0.15) is 0 Å². The van der Waals surface area contributed by atoms with Crippen LogP contribution in [0.2, 0.25) is 0 Å². The van der Waals surface area contributed by atoms with Crippen LogP contribution in [0, 0.1) is 5.92 Å². The maximum Gasteiger partial charge on any atom is 0.265 e. The zero-order valence-electron chi connectivity index (χ0n) is 15.2. The number of piperidine rings is 1. The van der Waals surface area contributed by atoms with Crippen molar-refractivity contribution in [2.75, 3.05) is 37.7 Å². The van der Waals surface area contributed by atoms with Crippen LogP contribution >= 0.6 is 0 Å². The van der Waals surface area contributed by atoms with E-state index in [9.17, 15) is 9.90 Å². The van der Waals surface area contributed by atoms with Crippen molar-refractivity contribution in [2.45, 2.75) is 45.1 Å². The Morgan fingerprint density at radius 2 is 2.00 bits per heavy atom. The maximum atomic E-state index is 12.2. The molecule has 0 bridgehead atoms. The minimum absolute atomic E-state index is 0.0482. The molecule has 2 aliphatic rings. The van der Waals surface area contributed by atoms with E-state index in [0.29, 0.717) is 18.8 Å². The standard InChI is InChI=1S/C20H30N2O3/c1-2-3-6-16-9-11-21(12-10-16)13-17(23)14-22-18-7-4-5-8-19(18)25-15-20(22)24/h4-5,7-8,16-17,23H,2-3,6,9-15H2,1H3. The number of benzene rings is 1. The molecule has 0 aliphatic carbocycles. The number of amides is 1. The molecule has 2 aliphatic heterocycles. The van der Waals surface area contributed by atoms with Crippen molar-refractivity contribution in [1.29, 1.82) is 0 Å². The lowest BCUT2D eigenvalue weighted by molar-refractivity contribution is -0.121. The van der Waals surface area contributed by atoms with Crippen LogP contribution in [-0.2, 0) is 4.79 Å². The van der Waals surface area contributed by atoms with Crippen LogP contribution in [0.4, 0.5) is 5.69 Å². The summed E-state index contributed by atoms with van der Waals surface area (Å²) in [5.41, 5.74) is 0.760. The van der Waals surface area contributed by atoms with Crippen LogP contribution in [0.1, 0.15) is 39.0 Å². The molecule has 25 heavy (non-hydrogen) atoms. The molecule has 1 aromatic carbocycles. The highest BCUT2D eigenvalue weighted by molar-refractivity contribution is 5.97. The summed E-state index contributed by atoms with van der Waals surface area (Å²) >= 11 is 0. The third-order valence-electron chi connectivity index (χ3n) is 5.34. The average molecular weight is 346 g/mol. The van der Waals surface area contributed by atoms with Crippen molar-refractivity contribution in [3.63, 3.8) is 0 Å². The fraction of sp³-hybridized carbons (Fsp3) is 0.650. The number of fused-ring (bicyclic) bond motifs is 1. The van der Waals surface area contributed by atoms with E-state index in [1.807, 2.05) is 24.3 Å². The highest BCUT2D eigenvalue weighted by Gasteiger charge is 2.28. The van der Waals surface area contributed by atoms with Gasteiger partial charge in [-0.25, -0.2) is 0 Å². The van der Waals surface area contributed by atoms with Crippen LogP contribution in [0.3, 0.4) is 0 Å². The molecule has 0 aromatic heterocycles. The van der Waals surface area contributed by atoms with E-state index in [4.69, 9.17) is 4.74 Å². The lowest BCUT2D eigenvalue weighted by Crippen LogP contribution is -2.47. The molecule has 1 fully saturated rings. The molecular weight excluding hydrogens is 316 g/mol. The van der Waals surface area contributed by atoms with Gasteiger partial charge in [0.15, 0.2) is 6.61 Å². The maximum absolute atomic E-state index is 12.2. The molecule has 0 radical (unpaired) electrons. The van der Waals surface area contributed by atoms with Crippen molar-refractivity contribution in [3.8, 4) is 5.75 Å². The molecule has 138 valence electrons. The molecule has 1 atom stereocenters. The van der Waals surface area contributed by atoms with Crippen LogP contribution in [0.25, 0.3) is 0 Å². The number of carbonyl (C=O) groups excluding carboxylic acids is 1. The third-order valence-corrected chi connectivity index (χ3v) is 5.34. The van der Waals surface area contributed by atoms with Gasteiger partial charge in [0.05, 0.1) is 18.3 Å². The summed E-state index contributed by atoms with van der Waals surface area (Å²) in [6, 6.07) is 7.52. The third kappa shape index (κ3) is 4.73. The first-order valence-corrected chi connectivity index (χ1v) is 9.60. The average Bonchev–Trinajstić information content (AvgIpc) is 2.63. The van der Waals surface area contributed by atoms with Crippen molar-refractivity contribution < 1.29 is 14.6 Å². The molecule has 3 rings (SSSR count). The summed E-state index contributed by atoms with van der Waals surface area (Å²) in [6.45, 7) is 5.36. The van der Waals surface area contributed by atoms with Crippen LogP contribution in [0.15, 0.2) is 24.3 Å². The number of β-amino-alcohol motifs (C(OH)–C–C–N with tert-alkyl or cyclic N) is 1. The predicted molar refractivity (Wildman–Crippen MR) is 99.0 cm³/mol. The highest BCUT2D eigenvalue weighted by Crippen LogP contribution is 2.31. The molecule has 2 heterocycles. The number of unbranched alkanes of at least 4 members (excludes halogenated alkanes) is 1. The number of rotatable bonds is 7. The van der Waals surface area contributed by atoms with Gasteiger partial charge in [0.25, 0.3) is 5.91 Å². The largest absolute Gasteiger partial charge is 0.482 e. The number of carbonyl (C=O) groups is 1. The van der Waals surface area contributed by atoms with E-state index in [-0.39, 0.29) is 12.5 Å². The molecule has 1 amide bonds. The second-order valence-electron chi connectivity index (χ2n) is 7.30. The normalized spacial score (nSPS) is 20.2. The second kappa shape index (κ2) is 8.68. The topological polar surface area (TPSA) is 53.0 Å². The SMILES string of the molecule is CCCCC1CCN(CC(O)CN2C(=O)COc3ccccc32)CC1. The number of anilines is 1. The summed E-state index contributed by atoms with van der Waals surface area (Å²) in [5.74, 6) is 1.48. The van der Waals surface area contributed by atoms with Gasteiger partial charge < -0.3 is 19.6 Å². The highest BCUT2D eigenvalue weighted by atomic mass is 16.5. The number of aliphatic hydroxyl groups excluding tert-OH is 1. The quantitative estimate of drug-likeness (QED) is 0.825. The van der Waals surface area contributed by atoms with Gasteiger partial charge in [0, 0.05) is 6.54 Å². The molecule has 1 unspecified atom stereocenters. The molecule has 1 saturated heterocycles. The van der Waals surface area contributed by atoms with Crippen molar-refractivity contribution in [3.05, 3.63) is 24.3 Å². The van der Waals surface area contributed by atoms with Gasteiger partial charge >= 0.3 is 0 Å². The summed E-state index contributed by atoms with van der Waals surface area (Å²) in [7, 11) is 0. The Labute approximate surface area is 150 Å².